The van der Waals surface area contributed by atoms with Crippen LogP contribution in [0.25, 0.3) is 10.9 Å². The van der Waals surface area contributed by atoms with Crippen molar-refractivity contribution in [3.63, 3.8) is 0 Å². The van der Waals surface area contributed by atoms with Gasteiger partial charge in [0.2, 0.25) is 0 Å². The van der Waals surface area contributed by atoms with E-state index in [-0.39, 0.29) is 6.04 Å². The van der Waals surface area contributed by atoms with Crippen molar-refractivity contribution < 1.29 is 4.74 Å². The number of methoxy groups -OCH3 is 1. The number of rotatable bonds is 4. The lowest BCUT2D eigenvalue weighted by molar-refractivity contribution is 0.399. The number of hydrogen-bond donors (Lipinski definition) is 1. The van der Waals surface area contributed by atoms with E-state index in [0.29, 0.717) is 6.54 Å². The summed E-state index contributed by atoms with van der Waals surface area (Å²) in [6.07, 6.45) is 1.87. The Morgan fingerprint density at radius 3 is 2.70 bits per heavy atom. The molecule has 2 aromatic carbocycles. The van der Waals surface area contributed by atoms with Crippen molar-refractivity contribution in [2.24, 2.45) is 5.73 Å². The second kappa shape index (κ2) is 5.35. The molecule has 20 heavy (non-hydrogen) atoms. The van der Waals surface area contributed by atoms with Gasteiger partial charge >= 0.3 is 0 Å². The van der Waals surface area contributed by atoms with Gasteiger partial charge in [0, 0.05) is 17.5 Å². The average Bonchev–Trinajstić information content (AvgIpc) is 2.93. The zero-order chi connectivity index (χ0) is 13.9. The van der Waals surface area contributed by atoms with Crippen molar-refractivity contribution >= 4 is 10.9 Å². The first-order valence-electron chi connectivity index (χ1n) is 6.60. The van der Waals surface area contributed by atoms with E-state index in [4.69, 9.17) is 10.5 Å². The lowest BCUT2D eigenvalue weighted by atomic mass is 10.1. The van der Waals surface area contributed by atoms with Crippen LogP contribution in [0.5, 0.6) is 5.75 Å². The van der Waals surface area contributed by atoms with Crippen molar-refractivity contribution in [3.8, 4) is 5.75 Å². The molecule has 102 valence electrons. The molecule has 3 rings (SSSR count). The smallest absolute Gasteiger partial charge is 0.124 e. The van der Waals surface area contributed by atoms with E-state index in [0.717, 1.165) is 22.2 Å². The van der Waals surface area contributed by atoms with Crippen LogP contribution >= 0.6 is 0 Å². The molecule has 4 heteroatoms. The van der Waals surface area contributed by atoms with Crippen molar-refractivity contribution in [1.29, 1.82) is 0 Å². The second-order valence-corrected chi connectivity index (χ2v) is 4.64. The number of nitrogens with zero attached hydrogens (tertiary/aromatic N) is 2. The molecule has 1 aromatic heterocycles. The molecule has 1 heterocycles. The molecular formula is C16H17N3O. The third-order valence-corrected chi connectivity index (χ3v) is 3.52. The molecule has 3 aromatic rings. The van der Waals surface area contributed by atoms with Crippen LogP contribution in [-0.2, 0) is 0 Å². The number of aromatic nitrogens is 2. The van der Waals surface area contributed by atoms with Crippen LogP contribution in [0.15, 0.2) is 54.7 Å². The van der Waals surface area contributed by atoms with Gasteiger partial charge in [-0.1, -0.05) is 36.4 Å². The normalized spacial score (nSPS) is 12.5. The lowest BCUT2D eigenvalue weighted by Crippen LogP contribution is -2.22. The summed E-state index contributed by atoms with van der Waals surface area (Å²) in [6, 6.07) is 16.0. The van der Waals surface area contributed by atoms with Gasteiger partial charge in [-0.25, -0.2) is 0 Å². The van der Waals surface area contributed by atoms with Gasteiger partial charge in [0.05, 0.1) is 24.9 Å². The molecule has 0 aliphatic heterocycles. The summed E-state index contributed by atoms with van der Waals surface area (Å²) in [6.45, 7) is 0.464. The Hall–Kier alpha value is -2.33. The van der Waals surface area contributed by atoms with E-state index in [1.807, 2.05) is 47.3 Å². The van der Waals surface area contributed by atoms with Gasteiger partial charge in [0.25, 0.3) is 0 Å². The lowest BCUT2D eigenvalue weighted by Gasteiger charge is -2.19. The predicted octanol–water partition coefficient (Wildman–Crippen LogP) is 2.59. The molecule has 0 aliphatic rings. The van der Waals surface area contributed by atoms with Crippen molar-refractivity contribution in [2.45, 2.75) is 6.04 Å². The SMILES string of the molecule is COc1ccccc1C(CN)n1ncc2ccccc21. The second-order valence-electron chi connectivity index (χ2n) is 4.64. The summed E-state index contributed by atoms with van der Waals surface area (Å²) in [5.74, 6) is 0.836. The Balaban J connectivity index is 2.14. The maximum atomic E-state index is 5.99. The monoisotopic (exact) mass is 267 g/mol. The minimum atomic E-state index is -0.0361. The van der Waals surface area contributed by atoms with Crippen molar-refractivity contribution in [3.05, 3.63) is 60.3 Å². The first-order chi connectivity index (χ1) is 9.85. The molecule has 0 fully saturated rings. The van der Waals surface area contributed by atoms with Crippen LogP contribution in [0.4, 0.5) is 0 Å². The first-order valence-corrected chi connectivity index (χ1v) is 6.60. The molecule has 0 radical (unpaired) electrons. The number of benzene rings is 2. The molecule has 2 N–H and O–H groups in total. The summed E-state index contributed by atoms with van der Waals surface area (Å²) >= 11 is 0. The van der Waals surface area contributed by atoms with E-state index in [2.05, 4.69) is 17.2 Å². The summed E-state index contributed by atoms with van der Waals surface area (Å²) < 4.78 is 7.41. The minimum absolute atomic E-state index is 0.0361. The highest BCUT2D eigenvalue weighted by molar-refractivity contribution is 5.78. The van der Waals surface area contributed by atoms with Crippen LogP contribution in [0, 0.1) is 0 Å². The highest BCUT2D eigenvalue weighted by atomic mass is 16.5. The summed E-state index contributed by atoms with van der Waals surface area (Å²) in [4.78, 5) is 0. The third-order valence-electron chi connectivity index (χ3n) is 3.52. The fraction of sp³-hybridized carbons (Fsp3) is 0.188. The summed E-state index contributed by atoms with van der Waals surface area (Å²) in [5, 5.41) is 5.61. The largest absolute Gasteiger partial charge is 0.496 e. The van der Waals surface area contributed by atoms with Crippen LogP contribution in [-0.4, -0.2) is 23.4 Å². The van der Waals surface area contributed by atoms with Crippen molar-refractivity contribution in [1.82, 2.24) is 9.78 Å². The van der Waals surface area contributed by atoms with Gasteiger partial charge in [-0.2, -0.15) is 5.10 Å². The average molecular weight is 267 g/mol. The molecule has 4 nitrogen and oxygen atoms in total. The molecule has 1 atom stereocenters. The Bertz CT molecular complexity index is 720. The van der Waals surface area contributed by atoms with Crippen LogP contribution in [0.3, 0.4) is 0 Å². The summed E-state index contributed by atoms with van der Waals surface area (Å²) in [5.41, 5.74) is 8.12. The Kier molecular flexibility index (Phi) is 3.39. The third kappa shape index (κ3) is 2.04. The number of nitrogens with two attached hydrogens (primary N) is 1. The topological polar surface area (TPSA) is 53.1 Å². The highest BCUT2D eigenvalue weighted by Crippen LogP contribution is 2.29. The zero-order valence-electron chi connectivity index (χ0n) is 11.4. The molecule has 0 aliphatic carbocycles. The highest BCUT2D eigenvalue weighted by Gasteiger charge is 2.18. The molecule has 0 amide bonds. The van der Waals surface area contributed by atoms with E-state index >= 15 is 0 Å². The molecule has 1 unspecified atom stereocenters. The Labute approximate surface area is 117 Å². The van der Waals surface area contributed by atoms with Crippen LogP contribution in [0.1, 0.15) is 11.6 Å². The molecule has 0 bridgehead atoms. The quantitative estimate of drug-likeness (QED) is 0.790. The Morgan fingerprint density at radius 2 is 1.90 bits per heavy atom. The van der Waals surface area contributed by atoms with Crippen molar-refractivity contribution in [2.75, 3.05) is 13.7 Å². The fourth-order valence-electron chi connectivity index (χ4n) is 2.54. The maximum Gasteiger partial charge on any atom is 0.124 e. The molecule has 0 spiro atoms. The van der Waals surface area contributed by atoms with Gasteiger partial charge in [-0.15, -0.1) is 0 Å². The van der Waals surface area contributed by atoms with Gasteiger partial charge in [0.15, 0.2) is 0 Å². The van der Waals surface area contributed by atoms with Gasteiger partial charge in [0.1, 0.15) is 5.75 Å². The predicted molar refractivity (Wildman–Crippen MR) is 79.9 cm³/mol. The summed E-state index contributed by atoms with van der Waals surface area (Å²) in [7, 11) is 1.67. The maximum absolute atomic E-state index is 5.99. The van der Waals surface area contributed by atoms with Gasteiger partial charge in [-0.3, -0.25) is 4.68 Å². The van der Waals surface area contributed by atoms with E-state index < -0.39 is 0 Å². The number of hydrogen-bond acceptors (Lipinski definition) is 3. The van der Waals surface area contributed by atoms with E-state index in [9.17, 15) is 0 Å². The minimum Gasteiger partial charge on any atom is -0.496 e. The number of para-hydroxylation sites is 2. The van der Waals surface area contributed by atoms with Crippen LogP contribution < -0.4 is 10.5 Å². The van der Waals surface area contributed by atoms with Gasteiger partial charge in [-0.05, 0) is 12.1 Å². The standard InChI is InChI=1S/C16H17N3O/c1-20-16-9-5-3-7-13(16)15(10-17)19-14-8-4-2-6-12(14)11-18-19/h2-9,11,15H,10,17H2,1H3. The number of ether oxygens (including phenoxy) is 1. The first kappa shape index (κ1) is 12.7. The molecule has 0 saturated carbocycles. The number of fused-ring (bicyclic) bond motifs is 1. The van der Waals surface area contributed by atoms with Crippen LogP contribution in [0.2, 0.25) is 0 Å². The molecule has 0 saturated heterocycles. The van der Waals surface area contributed by atoms with E-state index in [1.165, 1.54) is 0 Å². The van der Waals surface area contributed by atoms with E-state index in [1.54, 1.807) is 7.11 Å². The zero-order valence-corrected chi connectivity index (χ0v) is 11.4. The van der Waals surface area contributed by atoms with Gasteiger partial charge < -0.3 is 10.5 Å². The Morgan fingerprint density at radius 1 is 1.15 bits per heavy atom. The molecular weight excluding hydrogens is 250 g/mol. The fourth-order valence-corrected chi connectivity index (χ4v) is 2.54.